The van der Waals surface area contributed by atoms with Crippen LogP contribution in [0.1, 0.15) is 16.2 Å². The lowest BCUT2D eigenvalue weighted by molar-refractivity contribution is 0.0572. The summed E-state index contributed by atoms with van der Waals surface area (Å²) in [7, 11) is 0. The number of rotatable bonds is 1. The summed E-state index contributed by atoms with van der Waals surface area (Å²) in [4.78, 5) is 21.2. The molecule has 6 nitrogen and oxygen atoms in total. The lowest BCUT2D eigenvalue weighted by Gasteiger charge is -2.15. The molecule has 0 aliphatic carbocycles. The van der Waals surface area contributed by atoms with Crippen molar-refractivity contribution in [3.8, 4) is 0 Å². The molecule has 1 fully saturated rings. The van der Waals surface area contributed by atoms with Crippen LogP contribution in [0, 0.1) is 6.92 Å². The average Bonchev–Trinajstić information content (AvgIpc) is 2.90. The molecule has 2 heterocycles. The van der Waals surface area contributed by atoms with Crippen molar-refractivity contribution < 1.29 is 15.0 Å². The predicted molar refractivity (Wildman–Crippen MR) is 73.8 cm³/mol. The Labute approximate surface area is 120 Å². The van der Waals surface area contributed by atoms with Gasteiger partial charge < -0.3 is 20.1 Å². The maximum Gasteiger partial charge on any atom is 0.256 e. The van der Waals surface area contributed by atoms with Crippen molar-refractivity contribution in [1.82, 2.24) is 14.9 Å². The quantitative estimate of drug-likeness (QED) is 0.722. The van der Waals surface area contributed by atoms with Gasteiger partial charge in [0.15, 0.2) is 0 Å². The van der Waals surface area contributed by atoms with E-state index in [0.717, 1.165) is 0 Å². The lowest BCUT2D eigenvalue weighted by Crippen LogP contribution is -2.30. The first-order chi connectivity index (χ1) is 9.45. The van der Waals surface area contributed by atoms with E-state index >= 15 is 0 Å². The van der Waals surface area contributed by atoms with Gasteiger partial charge in [0.2, 0.25) is 0 Å². The fourth-order valence-corrected chi connectivity index (χ4v) is 2.69. The fraction of sp³-hybridized carbons (Fsp3) is 0.385. The van der Waals surface area contributed by atoms with Crippen molar-refractivity contribution in [2.24, 2.45) is 0 Å². The number of carbonyl (C=O) groups excluding carboxylic acids is 1. The first-order valence-corrected chi connectivity index (χ1v) is 6.65. The van der Waals surface area contributed by atoms with E-state index in [1.165, 1.54) is 4.90 Å². The summed E-state index contributed by atoms with van der Waals surface area (Å²) >= 11 is 6.02. The second kappa shape index (κ2) is 4.73. The molecule has 0 saturated carbocycles. The number of carbonyl (C=O) groups is 1. The van der Waals surface area contributed by atoms with E-state index in [-0.39, 0.29) is 19.0 Å². The molecule has 0 bridgehead atoms. The number of amides is 1. The van der Waals surface area contributed by atoms with Crippen molar-refractivity contribution in [3.05, 3.63) is 28.5 Å². The first kappa shape index (κ1) is 13.4. The number of fused-ring (bicyclic) bond motifs is 1. The summed E-state index contributed by atoms with van der Waals surface area (Å²) in [5, 5.41) is 19.5. The van der Waals surface area contributed by atoms with Crippen molar-refractivity contribution in [1.29, 1.82) is 0 Å². The van der Waals surface area contributed by atoms with Crippen LogP contribution in [0.25, 0.3) is 11.0 Å². The van der Waals surface area contributed by atoms with Crippen LogP contribution in [0.4, 0.5) is 0 Å². The van der Waals surface area contributed by atoms with Gasteiger partial charge in [-0.05, 0) is 19.1 Å². The third-order valence-electron chi connectivity index (χ3n) is 3.45. The standard InChI is InChI=1S/C13H14ClN3O3/c1-6-15-9-3-7(14)2-8(12(9)16-6)13(20)17-4-10(18)11(19)5-17/h2-3,10-11,18-19H,4-5H2,1H3,(H,15,16)/t10-,11-/m1/s1. The third kappa shape index (κ3) is 2.15. The molecule has 20 heavy (non-hydrogen) atoms. The number of H-pyrrole nitrogens is 1. The van der Waals surface area contributed by atoms with Crippen LogP contribution < -0.4 is 0 Å². The second-order valence-corrected chi connectivity index (χ2v) is 5.45. The molecule has 7 heteroatoms. The zero-order valence-electron chi connectivity index (χ0n) is 10.8. The van der Waals surface area contributed by atoms with Crippen LogP contribution in [-0.2, 0) is 0 Å². The second-order valence-electron chi connectivity index (χ2n) is 5.02. The van der Waals surface area contributed by atoms with Crippen molar-refractivity contribution in [2.75, 3.05) is 13.1 Å². The number of nitrogens with zero attached hydrogens (tertiary/aromatic N) is 2. The van der Waals surface area contributed by atoms with Crippen LogP contribution in [0.5, 0.6) is 0 Å². The summed E-state index contributed by atoms with van der Waals surface area (Å²) in [5.74, 6) is 0.400. The molecule has 1 aromatic carbocycles. The molecule has 0 spiro atoms. The van der Waals surface area contributed by atoms with Crippen molar-refractivity contribution in [2.45, 2.75) is 19.1 Å². The Morgan fingerprint density at radius 2 is 2.05 bits per heavy atom. The van der Waals surface area contributed by atoms with Gasteiger partial charge in [-0.25, -0.2) is 4.98 Å². The van der Waals surface area contributed by atoms with E-state index < -0.39 is 12.2 Å². The minimum atomic E-state index is -0.908. The van der Waals surface area contributed by atoms with Gasteiger partial charge in [-0.15, -0.1) is 0 Å². The van der Waals surface area contributed by atoms with Crippen LogP contribution in [0.3, 0.4) is 0 Å². The van der Waals surface area contributed by atoms with Gasteiger partial charge in [0.25, 0.3) is 5.91 Å². The Bertz CT molecular complexity index is 675. The van der Waals surface area contributed by atoms with E-state index in [9.17, 15) is 15.0 Å². The number of imidazole rings is 1. The van der Waals surface area contributed by atoms with E-state index in [1.807, 2.05) is 0 Å². The molecule has 3 N–H and O–H groups in total. The van der Waals surface area contributed by atoms with Gasteiger partial charge >= 0.3 is 0 Å². The minimum absolute atomic E-state index is 0.109. The van der Waals surface area contributed by atoms with Gasteiger partial charge in [0, 0.05) is 18.1 Å². The molecular formula is C13H14ClN3O3. The van der Waals surface area contributed by atoms with Crippen LogP contribution in [0.15, 0.2) is 12.1 Å². The van der Waals surface area contributed by atoms with Crippen LogP contribution >= 0.6 is 11.6 Å². The van der Waals surface area contributed by atoms with E-state index in [0.29, 0.717) is 27.4 Å². The Balaban J connectivity index is 2.03. The van der Waals surface area contributed by atoms with Gasteiger partial charge in [0.05, 0.1) is 23.3 Å². The lowest BCUT2D eigenvalue weighted by atomic mass is 10.1. The predicted octanol–water partition coefficient (Wildman–Crippen LogP) is 0.702. The van der Waals surface area contributed by atoms with Gasteiger partial charge in [-0.3, -0.25) is 4.79 Å². The number of nitrogens with one attached hydrogen (secondary N) is 1. The molecule has 1 aromatic heterocycles. The molecule has 1 amide bonds. The first-order valence-electron chi connectivity index (χ1n) is 6.27. The number of β-amino-alcohol motifs (C(OH)–C–C–N with tert-alkyl or cyclic N) is 2. The Morgan fingerprint density at radius 3 is 2.70 bits per heavy atom. The molecule has 3 rings (SSSR count). The summed E-state index contributed by atoms with van der Waals surface area (Å²) in [6.07, 6.45) is -1.82. The average molecular weight is 296 g/mol. The fourth-order valence-electron chi connectivity index (χ4n) is 2.47. The number of halogens is 1. The summed E-state index contributed by atoms with van der Waals surface area (Å²) in [5.41, 5.74) is 1.62. The van der Waals surface area contributed by atoms with E-state index in [4.69, 9.17) is 11.6 Å². The number of hydrogen-bond acceptors (Lipinski definition) is 4. The zero-order valence-corrected chi connectivity index (χ0v) is 11.6. The number of aliphatic hydroxyl groups excluding tert-OH is 2. The number of aromatic amines is 1. The highest BCUT2D eigenvalue weighted by Gasteiger charge is 2.33. The monoisotopic (exact) mass is 295 g/mol. The molecule has 1 saturated heterocycles. The minimum Gasteiger partial charge on any atom is -0.388 e. The Morgan fingerprint density at radius 1 is 1.40 bits per heavy atom. The molecule has 0 unspecified atom stereocenters. The Kier molecular flexibility index (Phi) is 3.16. The van der Waals surface area contributed by atoms with Crippen molar-refractivity contribution in [3.63, 3.8) is 0 Å². The van der Waals surface area contributed by atoms with Crippen molar-refractivity contribution >= 4 is 28.5 Å². The molecule has 106 valence electrons. The number of aliphatic hydroxyl groups is 2. The molecule has 0 radical (unpaired) electrons. The zero-order chi connectivity index (χ0) is 14.4. The molecular weight excluding hydrogens is 282 g/mol. The highest BCUT2D eigenvalue weighted by atomic mass is 35.5. The van der Waals surface area contributed by atoms with Gasteiger partial charge in [-0.1, -0.05) is 11.6 Å². The number of hydrogen-bond donors (Lipinski definition) is 3. The SMILES string of the molecule is Cc1nc2c(C(=O)N3C[C@@H](O)[C@H](O)C3)cc(Cl)cc2[nH]1. The van der Waals surface area contributed by atoms with Crippen LogP contribution in [0.2, 0.25) is 5.02 Å². The molecule has 1 aliphatic rings. The number of aryl methyl sites for hydroxylation is 1. The highest BCUT2D eigenvalue weighted by molar-refractivity contribution is 6.32. The molecule has 2 aromatic rings. The number of aromatic nitrogens is 2. The smallest absolute Gasteiger partial charge is 0.256 e. The number of likely N-dealkylation sites (tertiary alicyclic amines) is 1. The normalized spacial score (nSPS) is 22.7. The summed E-state index contributed by atoms with van der Waals surface area (Å²) < 4.78 is 0. The maximum atomic E-state index is 12.5. The van der Waals surface area contributed by atoms with Gasteiger partial charge in [-0.2, -0.15) is 0 Å². The topological polar surface area (TPSA) is 89.5 Å². The maximum absolute atomic E-state index is 12.5. The van der Waals surface area contributed by atoms with Gasteiger partial charge in [0.1, 0.15) is 11.3 Å². The highest BCUT2D eigenvalue weighted by Crippen LogP contribution is 2.25. The van der Waals surface area contributed by atoms with Crippen LogP contribution in [-0.4, -0.2) is 56.3 Å². The molecule has 1 aliphatic heterocycles. The summed E-state index contributed by atoms with van der Waals surface area (Å²) in [6.45, 7) is 2.01. The summed E-state index contributed by atoms with van der Waals surface area (Å²) in [6, 6.07) is 3.27. The van der Waals surface area contributed by atoms with E-state index in [1.54, 1.807) is 19.1 Å². The number of benzene rings is 1. The van der Waals surface area contributed by atoms with E-state index in [2.05, 4.69) is 9.97 Å². The third-order valence-corrected chi connectivity index (χ3v) is 3.66. The largest absolute Gasteiger partial charge is 0.388 e. The molecule has 2 atom stereocenters. The Hall–Kier alpha value is -1.63.